The lowest BCUT2D eigenvalue weighted by molar-refractivity contribution is -0.131. The van der Waals surface area contributed by atoms with Crippen LogP contribution in [0.5, 0.6) is 5.75 Å². The third kappa shape index (κ3) is 24.9. The molecule has 1 rings (SSSR count). The highest BCUT2D eigenvalue weighted by molar-refractivity contribution is 7.19. The number of unbranched alkanes of at least 4 members (excludes halogenated alkanes) is 18. The monoisotopic (exact) mass is 672 g/mol. The van der Waals surface area contributed by atoms with E-state index in [1.165, 1.54) is 191 Å². The molecule has 0 aromatic heterocycles. The van der Waals surface area contributed by atoms with Gasteiger partial charge in [0.05, 0.1) is 5.57 Å². The van der Waals surface area contributed by atoms with Crippen LogP contribution in [0.3, 0.4) is 0 Å². The Hall–Kier alpha value is -1.85. The molecular formula is C42H74NO3P. The van der Waals surface area contributed by atoms with E-state index in [0.29, 0.717) is 10.7 Å². The minimum atomic E-state index is -1.17. The summed E-state index contributed by atoms with van der Waals surface area (Å²) >= 11 is 0. The van der Waals surface area contributed by atoms with Gasteiger partial charge in [-0.1, -0.05) is 169 Å². The van der Waals surface area contributed by atoms with Gasteiger partial charge < -0.3 is 10.2 Å². The van der Waals surface area contributed by atoms with Crippen molar-refractivity contribution in [3.63, 3.8) is 0 Å². The van der Waals surface area contributed by atoms with E-state index in [1.54, 1.807) is 6.07 Å². The van der Waals surface area contributed by atoms with Crippen LogP contribution in [0.4, 0.5) is 0 Å². The molecule has 0 amide bonds. The van der Waals surface area contributed by atoms with Gasteiger partial charge in [0.15, 0.2) is 0 Å². The third-order valence-electron chi connectivity index (χ3n) is 9.68. The maximum atomic E-state index is 10.3. The number of allylic oxidation sites excluding steroid dienone is 1. The number of phenols is 1. The molecule has 0 heterocycles. The van der Waals surface area contributed by atoms with E-state index in [9.17, 15) is 4.79 Å². The van der Waals surface area contributed by atoms with Gasteiger partial charge in [0.1, 0.15) is 11.8 Å². The standard InChI is InChI=1S/C32H67P.C10H7NO3/c1-5-9-13-17-18-19-20-21-22-24-28-31(27-23-14-10-6-2)32(33,29-25-15-11-7-3)30-26-16-12-8-4;11-6-8(5-10(13)14)7-1-3-9(12)4-2-7/h31H,5-30,33H2,1-4H3;1-5,12H,(H,13,14). The molecule has 0 bridgehead atoms. The number of carboxylic acid groups (broad SMARTS) is 1. The first-order valence-corrected chi connectivity index (χ1v) is 20.3. The first-order valence-electron chi connectivity index (χ1n) is 19.7. The van der Waals surface area contributed by atoms with Crippen LogP contribution in [0.15, 0.2) is 30.3 Å². The molecule has 1 aromatic rings. The summed E-state index contributed by atoms with van der Waals surface area (Å²) in [6.07, 6.45) is 38.4. The second kappa shape index (κ2) is 31.4. The van der Waals surface area contributed by atoms with Gasteiger partial charge in [0.25, 0.3) is 0 Å². The Balaban J connectivity index is 0.00000125. The second-order valence-electron chi connectivity index (χ2n) is 13.9. The van der Waals surface area contributed by atoms with Gasteiger partial charge in [-0.3, -0.25) is 0 Å². The van der Waals surface area contributed by atoms with Crippen LogP contribution in [-0.2, 0) is 4.79 Å². The fourth-order valence-corrected chi connectivity index (χ4v) is 7.40. The van der Waals surface area contributed by atoms with E-state index < -0.39 is 5.97 Å². The normalized spacial score (nSPS) is 12.3. The molecule has 47 heavy (non-hydrogen) atoms. The quantitative estimate of drug-likeness (QED) is 0.0384. The molecule has 0 fully saturated rings. The first-order chi connectivity index (χ1) is 22.8. The Morgan fingerprint density at radius 2 is 1.04 bits per heavy atom. The number of benzene rings is 1. The van der Waals surface area contributed by atoms with Crippen LogP contribution in [0.2, 0.25) is 0 Å². The summed E-state index contributed by atoms with van der Waals surface area (Å²) in [4.78, 5) is 10.3. The number of hydrogen-bond acceptors (Lipinski definition) is 3. The molecule has 0 aliphatic rings. The molecule has 2 atom stereocenters. The first kappa shape index (κ1) is 45.2. The number of phenolic OH excluding ortho intramolecular Hbond substituents is 1. The summed E-state index contributed by atoms with van der Waals surface area (Å²) in [5, 5.41) is 26.6. The molecule has 270 valence electrons. The van der Waals surface area contributed by atoms with Crippen LogP contribution in [0.25, 0.3) is 5.57 Å². The van der Waals surface area contributed by atoms with Gasteiger partial charge >= 0.3 is 5.97 Å². The van der Waals surface area contributed by atoms with E-state index in [4.69, 9.17) is 15.5 Å². The van der Waals surface area contributed by atoms with Crippen molar-refractivity contribution in [2.75, 3.05) is 0 Å². The average Bonchev–Trinajstić information content (AvgIpc) is 3.06. The summed E-state index contributed by atoms with van der Waals surface area (Å²) < 4.78 is 0. The molecule has 1 aromatic carbocycles. The van der Waals surface area contributed by atoms with Crippen LogP contribution in [0.1, 0.15) is 200 Å². The Kier molecular flexibility index (Phi) is 30.2. The van der Waals surface area contributed by atoms with E-state index >= 15 is 0 Å². The lowest BCUT2D eigenvalue weighted by Crippen LogP contribution is -2.32. The summed E-state index contributed by atoms with van der Waals surface area (Å²) in [6.45, 7) is 9.36. The SMILES string of the molecule is CCCCCCCCCCCCC(CCCCCC)C(P)(CCCCCC)CCCCCC.N#CC(=CC(=O)O)c1ccc(O)cc1. The number of rotatable bonds is 29. The van der Waals surface area contributed by atoms with Crippen molar-refractivity contribution in [2.45, 2.75) is 200 Å². The van der Waals surface area contributed by atoms with Crippen LogP contribution in [0, 0.1) is 17.2 Å². The van der Waals surface area contributed by atoms with E-state index in [1.807, 2.05) is 0 Å². The number of nitrogens with zero attached hydrogens (tertiary/aromatic N) is 1. The number of hydrogen-bond donors (Lipinski definition) is 2. The van der Waals surface area contributed by atoms with Crippen LogP contribution in [-0.4, -0.2) is 21.3 Å². The Morgan fingerprint density at radius 3 is 1.43 bits per heavy atom. The van der Waals surface area contributed by atoms with Crippen molar-refractivity contribution in [3.8, 4) is 11.8 Å². The van der Waals surface area contributed by atoms with Crippen molar-refractivity contribution in [3.05, 3.63) is 35.9 Å². The van der Waals surface area contributed by atoms with Crippen LogP contribution >= 0.6 is 9.24 Å². The van der Waals surface area contributed by atoms with Crippen molar-refractivity contribution in [1.29, 1.82) is 5.26 Å². The lowest BCUT2D eigenvalue weighted by atomic mass is 9.77. The average molecular weight is 672 g/mol. The molecule has 0 saturated heterocycles. The summed E-state index contributed by atoms with van der Waals surface area (Å²) in [5.41, 5.74) is 0.519. The van der Waals surface area contributed by atoms with Gasteiger partial charge in [-0.2, -0.15) is 5.26 Å². The molecule has 2 unspecified atom stereocenters. The predicted octanol–water partition coefficient (Wildman–Crippen LogP) is 13.8. The maximum Gasteiger partial charge on any atom is 0.329 e. The summed E-state index contributed by atoms with van der Waals surface area (Å²) in [5.74, 6) is -0.160. The summed E-state index contributed by atoms with van der Waals surface area (Å²) in [7, 11) is 3.49. The van der Waals surface area contributed by atoms with Gasteiger partial charge in [-0.15, -0.1) is 9.24 Å². The van der Waals surface area contributed by atoms with E-state index in [0.717, 1.165) is 12.0 Å². The van der Waals surface area contributed by atoms with Gasteiger partial charge in [-0.25, -0.2) is 4.79 Å². The Bertz CT molecular complexity index is 924. The lowest BCUT2D eigenvalue weighted by Gasteiger charge is -2.39. The van der Waals surface area contributed by atoms with Crippen molar-refractivity contribution in [2.24, 2.45) is 5.92 Å². The van der Waals surface area contributed by atoms with Crippen LogP contribution < -0.4 is 0 Å². The molecule has 0 saturated carbocycles. The fourth-order valence-electron chi connectivity index (χ4n) is 6.65. The highest BCUT2D eigenvalue weighted by Gasteiger charge is 2.32. The summed E-state index contributed by atoms with van der Waals surface area (Å²) in [6, 6.07) is 7.51. The maximum absolute atomic E-state index is 10.3. The van der Waals surface area contributed by atoms with Gasteiger partial charge in [0.2, 0.25) is 0 Å². The smallest absolute Gasteiger partial charge is 0.329 e. The highest BCUT2D eigenvalue weighted by Crippen LogP contribution is 2.44. The van der Waals surface area contributed by atoms with Gasteiger partial charge in [-0.05, 0) is 66.6 Å². The van der Waals surface area contributed by atoms with Crippen molar-refractivity contribution < 1.29 is 15.0 Å². The zero-order valence-corrected chi connectivity index (χ0v) is 32.3. The zero-order chi connectivity index (χ0) is 35.0. The third-order valence-corrected chi connectivity index (χ3v) is 10.7. The Morgan fingerprint density at radius 1 is 0.681 bits per heavy atom. The zero-order valence-electron chi connectivity index (χ0n) is 31.2. The van der Waals surface area contributed by atoms with Gasteiger partial charge in [0, 0.05) is 6.08 Å². The fraction of sp³-hybridized carbons (Fsp3) is 0.762. The molecule has 0 radical (unpaired) electrons. The Labute approximate surface area is 293 Å². The second-order valence-corrected chi connectivity index (χ2v) is 15.1. The van der Waals surface area contributed by atoms with E-state index in [-0.39, 0.29) is 11.3 Å². The number of carbonyl (C=O) groups is 1. The molecular weight excluding hydrogens is 597 g/mol. The van der Waals surface area contributed by atoms with E-state index in [2.05, 4.69) is 36.9 Å². The minimum Gasteiger partial charge on any atom is -0.508 e. The van der Waals surface area contributed by atoms with Crippen molar-refractivity contribution in [1.82, 2.24) is 0 Å². The molecule has 0 aliphatic heterocycles. The number of carboxylic acids is 1. The molecule has 5 heteroatoms. The molecule has 2 N–H and O–H groups in total. The largest absolute Gasteiger partial charge is 0.508 e. The molecule has 4 nitrogen and oxygen atoms in total. The molecule has 0 aliphatic carbocycles. The predicted molar refractivity (Wildman–Crippen MR) is 208 cm³/mol. The van der Waals surface area contributed by atoms with Crippen molar-refractivity contribution >= 4 is 20.8 Å². The minimum absolute atomic E-state index is 0.0532. The number of aromatic hydroxyl groups is 1. The molecule has 0 spiro atoms. The number of nitriles is 1. The topological polar surface area (TPSA) is 81.3 Å². The number of aliphatic carboxylic acids is 1. The highest BCUT2D eigenvalue weighted by atomic mass is 31.0.